The van der Waals surface area contributed by atoms with Gasteiger partial charge in [-0.15, -0.1) is 0 Å². The van der Waals surface area contributed by atoms with Gasteiger partial charge in [-0.2, -0.15) is 0 Å². The Morgan fingerprint density at radius 1 is 1.12 bits per heavy atom. The van der Waals surface area contributed by atoms with Gasteiger partial charge in [-0.1, -0.05) is 30.3 Å². The molecular weight excluding hydrogens is 322 g/mol. The third-order valence-corrected chi connectivity index (χ3v) is 3.32. The lowest BCUT2D eigenvalue weighted by Gasteiger charge is -2.03. The van der Waals surface area contributed by atoms with Gasteiger partial charge < -0.3 is 14.2 Å². The number of hydrogen-bond acceptors (Lipinski definition) is 6. The Morgan fingerprint density at radius 2 is 1.84 bits per heavy atom. The fourth-order valence-electron chi connectivity index (χ4n) is 2.18. The molecule has 0 saturated heterocycles. The summed E-state index contributed by atoms with van der Waals surface area (Å²) in [6.07, 6.45) is 1.61. The average Bonchev–Trinajstić information content (AvgIpc) is 2.98. The fourth-order valence-corrected chi connectivity index (χ4v) is 2.18. The van der Waals surface area contributed by atoms with Crippen molar-refractivity contribution in [3.05, 3.63) is 71.4 Å². The molecule has 25 heavy (non-hydrogen) atoms. The first-order valence-corrected chi connectivity index (χ1v) is 7.53. The first-order valence-electron chi connectivity index (χ1n) is 7.53. The van der Waals surface area contributed by atoms with Crippen LogP contribution in [0, 0.1) is 0 Å². The second-order valence-electron chi connectivity index (χ2n) is 5.18. The maximum atomic E-state index is 12.0. The predicted octanol–water partition coefficient (Wildman–Crippen LogP) is 2.58. The number of hydrogen-bond donors (Lipinski definition) is 0. The number of carbonyl (C=O) groups excluding carboxylic acids is 2. The molecule has 126 valence electrons. The lowest BCUT2D eigenvalue weighted by Crippen LogP contribution is -2.13. The summed E-state index contributed by atoms with van der Waals surface area (Å²) in [6, 6.07) is 15.9. The first kappa shape index (κ1) is 16.6. The highest BCUT2D eigenvalue weighted by Crippen LogP contribution is 2.20. The van der Waals surface area contributed by atoms with E-state index in [9.17, 15) is 9.59 Å². The van der Waals surface area contributed by atoms with E-state index in [0.717, 1.165) is 11.1 Å². The average molecular weight is 337 g/mol. The lowest BCUT2D eigenvalue weighted by molar-refractivity contribution is -0.138. The third-order valence-electron chi connectivity index (χ3n) is 3.32. The zero-order valence-corrected chi connectivity index (χ0v) is 13.5. The van der Waals surface area contributed by atoms with E-state index >= 15 is 0 Å². The molecular formula is C19H15NO5. The van der Waals surface area contributed by atoms with Crippen LogP contribution in [0.3, 0.4) is 0 Å². The van der Waals surface area contributed by atoms with Gasteiger partial charge in [-0.25, -0.2) is 14.6 Å². The summed E-state index contributed by atoms with van der Waals surface area (Å²) in [5.74, 6) is -0.312. The molecule has 2 aromatic rings. The maximum Gasteiger partial charge on any atom is 0.363 e. The van der Waals surface area contributed by atoms with Gasteiger partial charge >= 0.3 is 11.9 Å². The van der Waals surface area contributed by atoms with Crippen molar-refractivity contribution in [2.24, 2.45) is 4.99 Å². The van der Waals surface area contributed by atoms with E-state index in [0.29, 0.717) is 5.75 Å². The van der Waals surface area contributed by atoms with Gasteiger partial charge in [0.05, 0.1) is 0 Å². The molecule has 6 heteroatoms. The Bertz CT molecular complexity index is 838. The summed E-state index contributed by atoms with van der Waals surface area (Å²) in [4.78, 5) is 27.5. The molecule has 0 amide bonds. The minimum absolute atomic E-state index is 0.116. The molecule has 1 aliphatic rings. The molecule has 0 fully saturated rings. The molecule has 0 spiro atoms. The monoisotopic (exact) mass is 337 g/mol. The summed E-state index contributed by atoms with van der Waals surface area (Å²) in [5, 5.41) is 0. The Kier molecular flexibility index (Phi) is 5.01. The van der Waals surface area contributed by atoms with Crippen molar-refractivity contribution in [1.29, 1.82) is 0 Å². The Balaban J connectivity index is 1.75. The van der Waals surface area contributed by atoms with Gasteiger partial charge in [-0.3, -0.25) is 0 Å². The highest BCUT2D eigenvalue weighted by molar-refractivity contribution is 6.12. The van der Waals surface area contributed by atoms with Crippen LogP contribution in [0.4, 0.5) is 0 Å². The van der Waals surface area contributed by atoms with E-state index in [-0.39, 0.29) is 18.2 Å². The van der Waals surface area contributed by atoms with Crippen molar-refractivity contribution in [3.63, 3.8) is 0 Å². The summed E-state index contributed by atoms with van der Waals surface area (Å²) >= 11 is 0. The molecule has 0 aromatic heterocycles. The number of methoxy groups -OCH3 is 1. The van der Waals surface area contributed by atoms with E-state index < -0.39 is 11.9 Å². The molecule has 0 unspecified atom stereocenters. The van der Waals surface area contributed by atoms with Crippen LogP contribution in [-0.2, 0) is 19.1 Å². The molecule has 3 rings (SSSR count). The van der Waals surface area contributed by atoms with E-state index in [4.69, 9.17) is 14.2 Å². The quantitative estimate of drug-likeness (QED) is 0.476. The normalized spacial score (nSPS) is 15.0. The molecule has 0 radical (unpaired) electrons. The molecule has 1 aliphatic heterocycles. The number of esters is 2. The van der Waals surface area contributed by atoms with Crippen molar-refractivity contribution < 1.29 is 23.8 Å². The van der Waals surface area contributed by atoms with Crippen LogP contribution in [-0.4, -0.2) is 31.6 Å². The summed E-state index contributed by atoms with van der Waals surface area (Å²) in [7, 11) is 1.42. The van der Waals surface area contributed by atoms with Gasteiger partial charge in [0.25, 0.3) is 0 Å². The number of cyclic esters (lactones) is 1. The second-order valence-corrected chi connectivity index (χ2v) is 5.18. The van der Waals surface area contributed by atoms with E-state index in [1.165, 1.54) is 7.11 Å². The summed E-state index contributed by atoms with van der Waals surface area (Å²) < 4.78 is 15.0. The van der Waals surface area contributed by atoms with E-state index in [1.807, 2.05) is 30.3 Å². The minimum atomic E-state index is -0.505. The number of aliphatic imine (C=N–C) groups is 1. The summed E-state index contributed by atoms with van der Waals surface area (Å²) in [5.41, 5.74) is 1.68. The van der Waals surface area contributed by atoms with Crippen LogP contribution in [0.5, 0.6) is 5.75 Å². The van der Waals surface area contributed by atoms with Crippen LogP contribution in [0.15, 0.2) is 65.3 Å². The SMILES string of the molecule is COCC(=O)Oc1ccc(/C=C2\N=C(c3ccccc3)OC2=O)cc1. The van der Waals surface area contributed by atoms with Gasteiger partial charge in [0.1, 0.15) is 12.4 Å². The fraction of sp³-hybridized carbons (Fsp3) is 0.105. The molecule has 2 aromatic carbocycles. The van der Waals surface area contributed by atoms with Crippen molar-refractivity contribution in [2.75, 3.05) is 13.7 Å². The largest absolute Gasteiger partial charge is 0.425 e. The van der Waals surface area contributed by atoms with E-state index in [1.54, 1.807) is 30.3 Å². The van der Waals surface area contributed by atoms with Crippen LogP contribution in [0.2, 0.25) is 0 Å². The molecule has 1 heterocycles. The maximum absolute atomic E-state index is 12.0. The lowest BCUT2D eigenvalue weighted by atomic mass is 10.2. The number of benzene rings is 2. The summed E-state index contributed by atoms with van der Waals surface area (Å²) in [6.45, 7) is -0.116. The predicted molar refractivity (Wildman–Crippen MR) is 91.0 cm³/mol. The zero-order valence-electron chi connectivity index (χ0n) is 13.5. The topological polar surface area (TPSA) is 74.2 Å². The standard InChI is InChI=1S/C19H15NO5/c1-23-12-17(21)24-15-9-7-13(8-10-15)11-16-19(22)25-18(20-16)14-5-3-2-4-6-14/h2-11H,12H2,1H3/b16-11-. The van der Waals surface area contributed by atoms with Crippen LogP contribution < -0.4 is 4.74 Å². The Morgan fingerprint density at radius 3 is 2.52 bits per heavy atom. The zero-order chi connectivity index (χ0) is 17.6. The van der Waals surface area contributed by atoms with Crippen molar-refractivity contribution in [2.45, 2.75) is 0 Å². The Labute approximate surface area is 144 Å². The Hall–Kier alpha value is -3.25. The van der Waals surface area contributed by atoms with Gasteiger partial charge in [0.2, 0.25) is 5.90 Å². The molecule has 0 bridgehead atoms. The van der Waals surface area contributed by atoms with E-state index in [2.05, 4.69) is 4.99 Å². The van der Waals surface area contributed by atoms with Crippen molar-refractivity contribution in [3.8, 4) is 5.75 Å². The highest BCUT2D eigenvalue weighted by Gasteiger charge is 2.23. The molecule has 0 saturated carbocycles. The van der Waals surface area contributed by atoms with Gasteiger partial charge in [0.15, 0.2) is 5.70 Å². The number of carbonyl (C=O) groups is 2. The van der Waals surface area contributed by atoms with Crippen molar-refractivity contribution in [1.82, 2.24) is 0 Å². The third kappa shape index (κ3) is 4.19. The second kappa shape index (κ2) is 7.55. The molecule has 0 N–H and O–H groups in total. The van der Waals surface area contributed by atoms with Crippen LogP contribution >= 0.6 is 0 Å². The first-order chi connectivity index (χ1) is 12.2. The minimum Gasteiger partial charge on any atom is -0.425 e. The smallest absolute Gasteiger partial charge is 0.363 e. The van der Waals surface area contributed by atoms with Crippen LogP contribution in [0.1, 0.15) is 11.1 Å². The van der Waals surface area contributed by atoms with Gasteiger partial charge in [0, 0.05) is 12.7 Å². The van der Waals surface area contributed by atoms with Crippen molar-refractivity contribution >= 4 is 23.9 Å². The molecule has 0 aliphatic carbocycles. The number of ether oxygens (including phenoxy) is 3. The number of nitrogens with zero attached hydrogens (tertiary/aromatic N) is 1. The van der Waals surface area contributed by atoms with Gasteiger partial charge in [-0.05, 0) is 35.9 Å². The highest BCUT2D eigenvalue weighted by atomic mass is 16.6. The van der Waals surface area contributed by atoms with Crippen LogP contribution in [0.25, 0.3) is 6.08 Å². The molecule has 0 atom stereocenters. The number of rotatable bonds is 5. The molecule has 6 nitrogen and oxygen atoms in total.